The van der Waals surface area contributed by atoms with E-state index in [-0.39, 0.29) is 0 Å². The maximum atomic E-state index is 6.06. The summed E-state index contributed by atoms with van der Waals surface area (Å²) in [5.41, 5.74) is 8.20. The third kappa shape index (κ3) is 4.22. The Bertz CT molecular complexity index is 386. The lowest BCUT2D eigenvalue weighted by molar-refractivity contribution is 0.0463. The van der Waals surface area contributed by atoms with Crippen molar-refractivity contribution in [2.75, 3.05) is 25.5 Å². The molecule has 0 amide bonds. The van der Waals surface area contributed by atoms with E-state index in [0.29, 0.717) is 6.04 Å². The normalized spacial score (nSPS) is 17.3. The van der Waals surface area contributed by atoms with Crippen molar-refractivity contribution < 1.29 is 4.74 Å². The molecule has 1 heterocycles. The van der Waals surface area contributed by atoms with E-state index in [1.165, 1.54) is 18.4 Å². The SMILES string of the molecule is CC(C)N(Cc1ccccc1N)CC1CCOCC1. The van der Waals surface area contributed by atoms with Crippen molar-refractivity contribution >= 4 is 5.69 Å². The molecule has 0 spiro atoms. The summed E-state index contributed by atoms with van der Waals surface area (Å²) in [6.45, 7) is 8.46. The van der Waals surface area contributed by atoms with Gasteiger partial charge >= 0.3 is 0 Å². The highest BCUT2D eigenvalue weighted by atomic mass is 16.5. The highest BCUT2D eigenvalue weighted by Gasteiger charge is 2.19. The molecule has 106 valence electrons. The monoisotopic (exact) mass is 262 g/mol. The second-order valence-corrected chi connectivity index (χ2v) is 5.78. The van der Waals surface area contributed by atoms with Gasteiger partial charge in [0.2, 0.25) is 0 Å². The van der Waals surface area contributed by atoms with Crippen molar-refractivity contribution in [2.45, 2.75) is 39.3 Å². The fraction of sp³-hybridized carbons (Fsp3) is 0.625. The number of nitrogens with two attached hydrogens (primary N) is 1. The topological polar surface area (TPSA) is 38.5 Å². The minimum absolute atomic E-state index is 0.544. The van der Waals surface area contributed by atoms with Gasteiger partial charge < -0.3 is 10.5 Å². The summed E-state index contributed by atoms with van der Waals surface area (Å²) >= 11 is 0. The van der Waals surface area contributed by atoms with Crippen molar-refractivity contribution in [3.8, 4) is 0 Å². The lowest BCUT2D eigenvalue weighted by Crippen LogP contribution is -2.36. The van der Waals surface area contributed by atoms with Gasteiger partial charge in [-0.25, -0.2) is 0 Å². The summed E-state index contributed by atoms with van der Waals surface area (Å²) in [4.78, 5) is 2.53. The van der Waals surface area contributed by atoms with Crippen LogP contribution in [0.3, 0.4) is 0 Å². The molecule has 1 aliphatic heterocycles. The van der Waals surface area contributed by atoms with E-state index in [4.69, 9.17) is 10.5 Å². The van der Waals surface area contributed by atoms with Crippen molar-refractivity contribution in [1.29, 1.82) is 0 Å². The average Bonchev–Trinajstić information content (AvgIpc) is 2.41. The lowest BCUT2D eigenvalue weighted by Gasteiger charge is -2.32. The van der Waals surface area contributed by atoms with E-state index in [1.54, 1.807) is 0 Å². The number of hydrogen-bond acceptors (Lipinski definition) is 3. The van der Waals surface area contributed by atoms with E-state index in [1.807, 2.05) is 12.1 Å². The fourth-order valence-electron chi connectivity index (χ4n) is 2.62. The summed E-state index contributed by atoms with van der Waals surface area (Å²) in [5, 5.41) is 0. The second kappa shape index (κ2) is 6.92. The molecule has 0 unspecified atom stereocenters. The van der Waals surface area contributed by atoms with Crippen LogP contribution >= 0.6 is 0 Å². The van der Waals surface area contributed by atoms with E-state index in [9.17, 15) is 0 Å². The van der Waals surface area contributed by atoms with Gasteiger partial charge in [0.05, 0.1) is 0 Å². The number of para-hydroxylation sites is 1. The average molecular weight is 262 g/mol. The van der Waals surface area contributed by atoms with E-state index in [2.05, 4.69) is 30.9 Å². The Morgan fingerprint density at radius 3 is 2.58 bits per heavy atom. The highest BCUT2D eigenvalue weighted by Crippen LogP contribution is 2.20. The Morgan fingerprint density at radius 1 is 1.26 bits per heavy atom. The zero-order valence-corrected chi connectivity index (χ0v) is 12.1. The Kier molecular flexibility index (Phi) is 5.23. The molecule has 0 bridgehead atoms. The summed E-state index contributed by atoms with van der Waals surface area (Å²) in [6.07, 6.45) is 2.38. The Hall–Kier alpha value is -1.06. The Morgan fingerprint density at radius 2 is 1.95 bits per heavy atom. The number of nitrogens with zero attached hydrogens (tertiary/aromatic N) is 1. The number of anilines is 1. The van der Waals surface area contributed by atoms with Crippen LogP contribution in [0.5, 0.6) is 0 Å². The van der Waals surface area contributed by atoms with Crippen LogP contribution in [-0.2, 0) is 11.3 Å². The maximum Gasteiger partial charge on any atom is 0.0469 e. The molecule has 1 aliphatic rings. The molecule has 19 heavy (non-hydrogen) atoms. The summed E-state index contributed by atoms with van der Waals surface area (Å²) in [7, 11) is 0. The molecular formula is C16H26N2O. The van der Waals surface area contributed by atoms with E-state index in [0.717, 1.165) is 37.9 Å². The summed E-state index contributed by atoms with van der Waals surface area (Å²) < 4.78 is 5.44. The first-order valence-corrected chi connectivity index (χ1v) is 7.32. The van der Waals surface area contributed by atoms with Gasteiger partial charge in [0, 0.05) is 38.0 Å². The summed E-state index contributed by atoms with van der Waals surface area (Å²) in [6, 6.07) is 8.73. The molecular weight excluding hydrogens is 236 g/mol. The standard InChI is InChI=1S/C16H26N2O/c1-13(2)18(11-14-7-9-19-10-8-14)12-15-5-3-4-6-16(15)17/h3-6,13-14H,7-12,17H2,1-2H3. The molecule has 2 N–H and O–H groups in total. The molecule has 0 aromatic heterocycles. The molecule has 1 saturated heterocycles. The Labute approximate surface area is 116 Å². The van der Waals surface area contributed by atoms with Gasteiger partial charge in [-0.15, -0.1) is 0 Å². The predicted octanol–water partition coefficient (Wildman–Crippen LogP) is 2.91. The van der Waals surface area contributed by atoms with Crippen LogP contribution in [0.1, 0.15) is 32.3 Å². The number of rotatable bonds is 5. The van der Waals surface area contributed by atoms with Gasteiger partial charge in [-0.05, 0) is 44.2 Å². The van der Waals surface area contributed by atoms with Gasteiger partial charge in [-0.2, -0.15) is 0 Å². The first-order valence-electron chi connectivity index (χ1n) is 7.32. The minimum Gasteiger partial charge on any atom is -0.398 e. The second-order valence-electron chi connectivity index (χ2n) is 5.78. The van der Waals surface area contributed by atoms with Crippen molar-refractivity contribution in [3.63, 3.8) is 0 Å². The maximum absolute atomic E-state index is 6.06. The van der Waals surface area contributed by atoms with Crippen LogP contribution < -0.4 is 5.73 Å². The molecule has 2 rings (SSSR count). The Balaban J connectivity index is 1.97. The molecule has 3 nitrogen and oxygen atoms in total. The molecule has 1 aromatic rings. The van der Waals surface area contributed by atoms with Crippen LogP contribution in [0.2, 0.25) is 0 Å². The van der Waals surface area contributed by atoms with Crippen molar-refractivity contribution in [3.05, 3.63) is 29.8 Å². The first-order chi connectivity index (χ1) is 9.16. The van der Waals surface area contributed by atoms with Crippen LogP contribution in [0.15, 0.2) is 24.3 Å². The van der Waals surface area contributed by atoms with E-state index < -0.39 is 0 Å². The molecule has 0 radical (unpaired) electrons. The molecule has 3 heteroatoms. The minimum atomic E-state index is 0.544. The van der Waals surface area contributed by atoms with Gasteiger partial charge in [-0.3, -0.25) is 4.90 Å². The van der Waals surface area contributed by atoms with Gasteiger partial charge in [0.25, 0.3) is 0 Å². The number of nitrogen functional groups attached to an aromatic ring is 1. The zero-order chi connectivity index (χ0) is 13.7. The molecule has 0 aliphatic carbocycles. The largest absolute Gasteiger partial charge is 0.398 e. The van der Waals surface area contributed by atoms with Gasteiger partial charge in [-0.1, -0.05) is 18.2 Å². The quantitative estimate of drug-likeness (QED) is 0.829. The van der Waals surface area contributed by atoms with Crippen molar-refractivity contribution in [1.82, 2.24) is 4.90 Å². The first kappa shape index (κ1) is 14.4. The molecule has 0 saturated carbocycles. The van der Waals surface area contributed by atoms with Crippen LogP contribution in [0.25, 0.3) is 0 Å². The van der Waals surface area contributed by atoms with Crippen LogP contribution in [0, 0.1) is 5.92 Å². The molecule has 1 fully saturated rings. The van der Waals surface area contributed by atoms with Gasteiger partial charge in [0.1, 0.15) is 0 Å². The summed E-state index contributed by atoms with van der Waals surface area (Å²) in [5.74, 6) is 0.765. The van der Waals surface area contributed by atoms with Gasteiger partial charge in [0.15, 0.2) is 0 Å². The lowest BCUT2D eigenvalue weighted by atomic mass is 9.98. The molecule has 1 aromatic carbocycles. The van der Waals surface area contributed by atoms with Crippen LogP contribution in [-0.4, -0.2) is 30.7 Å². The number of ether oxygens (including phenoxy) is 1. The third-order valence-corrected chi connectivity index (χ3v) is 3.99. The molecule has 0 atom stereocenters. The van der Waals surface area contributed by atoms with Crippen molar-refractivity contribution in [2.24, 2.45) is 5.92 Å². The number of hydrogen-bond donors (Lipinski definition) is 1. The predicted molar refractivity (Wildman–Crippen MR) is 79.9 cm³/mol. The zero-order valence-electron chi connectivity index (χ0n) is 12.1. The van der Waals surface area contributed by atoms with Crippen LogP contribution in [0.4, 0.5) is 5.69 Å². The fourth-order valence-corrected chi connectivity index (χ4v) is 2.62. The van der Waals surface area contributed by atoms with E-state index >= 15 is 0 Å². The smallest absolute Gasteiger partial charge is 0.0469 e. The number of benzene rings is 1. The third-order valence-electron chi connectivity index (χ3n) is 3.99. The highest BCUT2D eigenvalue weighted by molar-refractivity contribution is 5.46.